The summed E-state index contributed by atoms with van der Waals surface area (Å²) in [5.74, 6) is 0. The first-order chi connectivity index (χ1) is 5.79. The predicted molar refractivity (Wildman–Crippen MR) is 47.9 cm³/mol. The van der Waals surface area contributed by atoms with Crippen LogP contribution in [-0.2, 0) is 11.3 Å². The molecule has 0 N–H and O–H groups in total. The van der Waals surface area contributed by atoms with E-state index in [0.29, 0.717) is 6.10 Å². The Morgan fingerprint density at radius 2 is 2.33 bits per heavy atom. The Balaban J connectivity index is 2.04. The fraction of sp³-hybridized carbons (Fsp3) is 0.667. The maximum absolute atomic E-state index is 5.41. The molecular weight excluding hydrogens is 152 g/mol. The monoisotopic (exact) mass is 168 g/mol. The van der Waals surface area contributed by atoms with Crippen molar-refractivity contribution in [1.82, 2.24) is 9.55 Å². The fourth-order valence-electron chi connectivity index (χ4n) is 0.985. The second-order valence-corrected chi connectivity index (χ2v) is 3.07. The summed E-state index contributed by atoms with van der Waals surface area (Å²) in [5, 5.41) is 0. The van der Waals surface area contributed by atoms with Crippen LogP contribution in [0.3, 0.4) is 0 Å². The van der Waals surface area contributed by atoms with Gasteiger partial charge in [-0.15, -0.1) is 0 Å². The van der Waals surface area contributed by atoms with Crippen molar-refractivity contribution >= 4 is 0 Å². The van der Waals surface area contributed by atoms with Crippen LogP contribution >= 0.6 is 0 Å². The highest BCUT2D eigenvalue weighted by atomic mass is 16.5. The highest BCUT2D eigenvalue weighted by molar-refractivity contribution is 4.73. The SMILES string of the molecule is CC(C)OCCCn1ccnc1. The smallest absolute Gasteiger partial charge is 0.0945 e. The number of rotatable bonds is 5. The Hall–Kier alpha value is -0.830. The molecule has 12 heavy (non-hydrogen) atoms. The first-order valence-corrected chi connectivity index (χ1v) is 4.36. The summed E-state index contributed by atoms with van der Waals surface area (Å²) >= 11 is 0. The van der Waals surface area contributed by atoms with Gasteiger partial charge in [0.25, 0.3) is 0 Å². The average molecular weight is 168 g/mol. The molecule has 0 unspecified atom stereocenters. The first kappa shape index (κ1) is 9.26. The predicted octanol–water partition coefficient (Wildman–Crippen LogP) is 1.70. The minimum atomic E-state index is 0.341. The van der Waals surface area contributed by atoms with Crippen LogP contribution in [0.5, 0.6) is 0 Å². The number of aryl methyl sites for hydroxylation is 1. The van der Waals surface area contributed by atoms with E-state index < -0.39 is 0 Å². The van der Waals surface area contributed by atoms with Gasteiger partial charge in [0.15, 0.2) is 0 Å². The molecule has 1 aromatic heterocycles. The van der Waals surface area contributed by atoms with E-state index in [0.717, 1.165) is 19.6 Å². The van der Waals surface area contributed by atoms with Gasteiger partial charge in [-0.05, 0) is 20.3 Å². The van der Waals surface area contributed by atoms with Crippen LogP contribution in [0.15, 0.2) is 18.7 Å². The number of hydrogen-bond acceptors (Lipinski definition) is 2. The van der Waals surface area contributed by atoms with Crippen molar-refractivity contribution in [3.63, 3.8) is 0 Å². The molecule has 0 fully saturated rings. The molecule has 1 heterocycles. The summed E-state index contributed by atoms with van der Waals surface area (Å²) < 4.78 is 7.47. The Bertz CT molecular complexity index is 194. The van der Waals surface area contributed by atoms with Crippen LogP contribution in [0.4, 0.5) is 0 Å². The number of imidazole rings is 1. The van der Waals surface area contributed by atoms with Gasteiger partial charge in [0.05, 0.1) is 12.4 Å². The summed E-state index contributed by atoms with van der Waals surface area (Å²) in [6, 6.07) is 0. The molecule has 0 radical (unpaired) electrons. The van der Waals surface area contributed by atoms with Crippen LogP contribution in [0.2, 0.25) is 0 Å². The van der Waals surface area contributed by atoms with E-state index in [2.05, 4.69) is 23.4 Å². The quantitative estimate of drug-likeness (QED) is 0.626. The molecule has 0 aromatic carbocycles. The van der Waals surface area contributed by atoms with E-state index in [4.69, 9.17) is 4.74 Å². The molecule has 0 aliphatic rings. The molecule has 1 aromatic rings. The van der Waals surface area contributed by atoms with Crippen molar-refractivity contribution < 1.29 is 4.74 Å². The van der Waals surface area contributed by atoms with Gasteiger partial charge in [0, 0.05) is 25.5 Å². The zero-order valence-corrected chi connectivity index (χ0v) is 7.73. The highest BCUT2D eigenvalue weighted by Gasteiger charge is 1.93. The molecule has 0 saturated carbocycles. The Kier molecular flexibility index (Phi) is 3.80. The summed E-state index contributed by atoms with van der Waals surface area (Å²) in [6.07, 6.45) is 6.98. The van der Waals surface area contributed by atoms with E-state index in [-0.39, 0.29) is 0 Å². The topological polar surface area (TPSA) is 27.1 Å². The Morgan fingerprint density at radius 3 is 2.92 bits per heavy atom. The lowest BCUT2D eigenvalue weighted by Crippen LogP contribution is -2.06. The van der Waals surface area contributed by atoms with Crippen molar-refractivity contribution in [1.29, 1.82) is 0 Å². The van der Waals surface area contributed by atoms with Gasteiger partial charge in [0.1, 0.15) is 0 Å². The van der Waals surface area contributed by atoms with Gasteiger partial charge in [-0.2, -0.15) is 0 Å². The summed E-state index contributed by atoms with van der Waals surface area (Å²) in [5.41, 5.74) is 0. The molecule has 0 spiro atoms. The van der Waals surface area contributed by atoms with Crippen LogP contribution < -0.4 is 0 Å². The second-order valence-electron chi connectivity index (χ2n) is 3.07. The van der Waals surface area contributed by atoms with Crippen molar-refractivity contribution in [3.05, 3.63) is 18.7 Å². The number of hydrogen-bond donors (Lipinski definition) is 0. The number of aromatic nitrogens is 2. The number of nitrogens with zero attached hydrogens (tertiary/aromatic N) is 2. The maximum Gasteiger partial charge on any atom is 0.0945 e. The van der Waals surface area contributed by atoms with E-state index in [9.17, 15) is 0 Å². The summed E-state index contributed by atoms with van der Waals surface area (Å²) in [6.45, 7) is 5.93. The molecule has 1 rings (SSSR count). The third kappa shape index (κ3) is 3.53. The number of ether oxygens (including phenoxy) is 1. The van der Waals surface area contributed by atoms with Crippen LogP contribution in [-0.4, -0.2) is 22.3 Å². The van der Waals surface area contributed by atoms with Crippen molar-refractivity contribution in [3.8, 4) is 0 Å². The van der Waals surface area contributed by atoms with Crippen LogP contribution in [0, 0.1) is 0 Å². The lowest BCUT2D eigenvalue weighted by Gasteiger charge is -2.06. The molecule has 0 aliphatic heterocycles. The first-order valence-electron chi connectivity index (χ1n) is 4.36. The van der Waals surface area contributed by atoms with E-state index in [1.54, 1.807) is 6.20 Å². The van der Waals surface area contributed by atoms with Crippen LogP contribution in [0.1, 0.15) is 20.3 Å². The molecule has 0 amide bonds. The van der Waals surface area contributed by atoms with E-state index in [1.165, 1.54) is 0 Å². The molecule has 0 atom stereocenters. The van der Waals surface area contributed by atoms with Gasteiger partial charge >= 0.3 is 0 Å². The largest absolute Gasteiger partial charge is 0.379 e. The third-order valence-corrected chi connectivity index (χ3v) is 1.57. The van der Waals surface area contributed by atoms with Gasteiger partial charge in [-0.3, -0.25) is 0 Å². The molecule has 0 bridgehead atoms. The van der Waals surface area contributed by atoms with Gasteiger partial charge in [-0.1, -0.05) is 0 Å². The van der Waals surface area contributed by atoms with Gasteiger partial charge in [0.2, 0.25) is 0 Å². The van der Waals surface area contributed by atoms with E-state index in [1.807, 2.05) is 12.5 Å². The average Bonchev–Trinajstić information content (AvgIpc) is 2.49. The molecule has 3 heteroatoms. The lowest BCUT2D eigenvalue weighted by atomic mass is 10.4. The molecule has 0 saturated heterocycles. The lowest BCUT2D eigenvalue weighted by molar-refractivity contribution is 0.0748. The van der Waals surface area contributed by atoms with Crippen molar-refractivity contribution in [2.45, 2.75) is 32.9 Å². The Morgan fingerprint density at radius 1 is 1.50 bits per heavy atom. The van der Waals surface area contributed by atoms with Gasteiger partial charge < -0.3 is 9.30 Å². The Labute approximate surface area is 73.4 Å². The van der Waals surface area contributed by atoms with Crippen molar-refractivity contribution in [2.75, 3.05) is 6.61 Å². The zero-order valence-electron chi connectivity index (χ0n) is 7.73. The third-order valence-electron chi connectivity index (χ3n) is 1.57. The van der Waals surface area contributed by atoms with Gasteiger partial charge in [-0.25, -0.2) is 4.98 Å². The molecule has 3 nitrogen and oxygen atoms in total. The fourth-order valence-corrected chi connectivity index (χ4v) is 0.985. The normalized spacial score (nSPS) is 10.9. The molecular formula is C9H16N2O. The standard InChI is InChI=1S/C9H16N2O/c1-9(2)12-7-3-5-11-6-4-10-8-11/h4,6,8-9H,3,5,7H2,1-2H3. The van der Waals surface area contributed by atoms with Crippen molar-refractivity contribution in [2.24, 2.45) is 0 Å². The molecule has 0 aliphatic carbocycles. The van der Waals surface area contributed by atoms with Crippen LogP contribution in [0.25, 0.3) is 0 Å². The minimum absolute atomic E-state index is 0.341. The van der Waals surface area contributed by atoms with E-state index >= 15 is 0 Å². The minimum Gasteiger partial charge on any atom is -0.379 e. The zero-order chi connectivity index (χ0) is 8.81. The second kappa shape index (κ2) is 4.93. The molecule has 68 valence electrons. The highest BCUT2D eigenvalue weighted by Crippen LogP contribution is 1.94. The maximum atomic E-state index is 5.41. The summed E-state index contributed by atoms with van der Waals surface area (Å²) in [4.78, 5) is 3.96. The summed E-state index contributed by atoms with van der Waals surface area (Å²) in [7, 11) is 0.